The van der Waals surface area contributed by atoms with E-state index in [4.69, 9.17) is 0 Å². The van der Waals surface area contributed by atoms with Gasteiger partial charge in [0.25, 0.3) is 0 Å². The van der Waals surface area contributed by atoms with Crippen LogP contribution in [0.2, 0.25) is 0 Å². The third-order valence-electron chi connectivity index (χ3n) is 1.91. The number of thioether (sulfide) groups is 2. The van der Waals surface area contributed by atoms with Gasteiger partial charge in [-0.15, -0.1) is 23.5 Å². The summed E-state index contributed by atoms with van der Waals surface area (Å²) in [5.41, 5.74) is 1.30. The molecule has 15 heavy (non-hydrogen) atoms. The number of hydrogen-bond donors (Lipinski definition) is 0. The Hall–Kier alpha value is 0.420. The normalized spacial score (nSPS) is 10.4. The molecule has 0 N–H and O–H groups in total. The minimum Gasteiger partial charge on any atom is -0.258 e. The molecule has 0 fully saturated rings. The number of benzene rings is 1. The van der Waals surface area contributed by atoms with Crippen LogP contribution in [0.3, 0.4) is 0 Å². The van der Waals surface area contributed by atoms with Crippen LogP contribution >= 0.6 is 47.4 Å². The average Bonchev–Trinajstić information content (AvgIpc) is 2.30. The number of rotatable bonds is 5. The predicted octanol–water partition coefficient (Wildman–Crippen LogP) is 4.49. The molecule has 0 heterocycles. The van der Waals surface area contributed by atoms with E-state index in [-0.39, 0.29) is 0 Å². The van der Waals surface area contributed by atoms with Crippen molar-refractivity contribution in [2.24, 2.45) is 0 Å². The Morgan fingerprint density at radius 1 is 0.933 bits per heavy atom. The Morgan fingerprint density at radius 3 is 2.07 bits per heavy atom. The van der Waals surface area contributed by atoms with E-state index in [1.165, 1.54) is 15.5 Å². The number of nitrogens with zero attached hydrogens (tertiary/aromatic N) is 1. The van der Waals surface area contributed by atoms with Crippen molar-refractivity contribution >= 4 is 53.1 Å². The van der Waals surface area contributed by atoms with Crippen LogP contribution in [0.1, 0.15) is 0 Å². The number of anilines is 1. The molecule has 0 aliphatic carbocycles. The smallest absolute Gasteiger partial charge is 0.0741 e. The minimum absolute atomic E-state index is 1.30. The second-order valence-corrected chi connectivity index (χ2v) is 5.99. The molecule has 1 rings (SSSR count). The summed E-state index contributed by atoms with van der Waals surface area (Å²) in [6.45, 7) is 0. The summed E-state index contributed by atoms with van der Waals surface area (Å²) in [5.74, 6) is 0. The predicted molar refractivity (Wildman–Crippen MR) is 79.5 cm³/mol. The molecule has 1 aromatic carbocycles. The van der Waals surface area contributed by atoms with E-state index in [1.54, 1.807) is 35.7 Å². The zero-order valence-corrected chi connectivity index (χ0v) is 12.6. The van der Waals surface area contributed by atoms with E-state index in [9.17, 15) is 0 Å². The molecule has 1 nitrogen and oxygen atoms in total. The van der Waals surface area contributed by atoms with Crippen LogP contribution in [0.5, 0.6) is 0 Å². The second kappa shape index (κ2) is 6.89. The van der Waals surface area contributed by atoms with E-state index in [2.05, 4.69) is 46.9 Å². The quantitative estimate of drug-likeness (QED) is 0.574. The van der Waals surface area contributed by atoms with E-state index < -0.39 is 0 Å². The highest BCUT2D eigenvalue weighted by molar-refractivity contribution is 8.17. The topological polar surface area (TPSA) is 3.24 Å². The maximum absolute atomic E-state index is 2.24. The largest absolute Gasteiger partial charge is 0.258 e. The first-order valence-electron chi connectivity index (χ1n) is 4.37. The standard InChI is InChI=1S/C10H15NS4/c1-12-9-7-5-6-8(10(9)13-2)11(14-3)15-4/h5-7H,1-4H3. The lowest BCUT2D eigenvalue weighted by atomic mass is 10.3. The van der Waals surface area contributed by atoms with E-state index in [1.807, 2.05) is 11.8 Å². The van der Waals surface area contributed by atoms with Gasteiger partial charge in [0.05, 0.1) is 5.69 Å². The Morgan fingerprint density at radius 2 is 1.60 bits per heavy atom. The molecule has 0 saturated heterocycles. The van der Waals surface area contributed by atoms with Gasteiger partial charge in [0.2, 0.25) is 0 Å². The Labute approximate surface area is 109 Å². The fourth-order valence-corrected chi connectivity index (χ4v) is 4.34. The lowest BCUT2D eigenvalue weighted by Gasteiger charge is -2.21. The first kappa shape index (κ1) is 13.5. The Balaban J connectivity index is 3.15. The summed E-state index contributed by atoms with van der Waals surface area (Å²) in [4.78, 5) is 2.72. The van der Waals surface area contributed by atoms with Gasteiger partial charge >= 0.3 is 0 Å². The van der Waals surface area contributed by atoms with Gasteiger partial charge in [-0.2, -0.15) is 0 Å². The SMILES string of the molecule is CSc1cccc(N(SC)SC)c1SC. The summed E-state index contributed by atoms with van der Waals surface area (Å²) in [6, 6.07) is 6.48. The summed E-state index contributed by atoms with van der Waals surface area (Å²) in [5, 5.41) is 0. The summed E-state index contributed by atoms with van der Waals surface area (Å²) < 4.78 is 2.24. The molecule has 0 aliphatic rings. The maximum Gasteiger partial charge on any atom is 0.0741 e. The Kier molecular flexibility index (Phi) is 6.19. The lowest BCUT2D eigenvalue weighted by molar-refractivity contribution is 1.25. The van der Waals surface area contributed by atoms with Crippen molar-refractivity contribution in [2.45, 2.75) is 9.79 Å². The highest BCUT2D eigenvalue weighted by Crippen LogP contribution is 2.40. The van der Waals surface area contributed by atoms with Crippen molar-refractivity contribution in [1.29, 1.82) is 0 Å². The average molecular weight is 278 g/mol. The molecule has 0 spiro atoms. The fraction of sp³-hybridized carbons (Fsp3) is 0.400. The van der Waals surface area contributed by atoms with E-state index >= 15 is 0 Å². The Bertz CT molecular complexity index is 312. The minimum atomic E-state index is 1.30. The van der Waals surface area contributed by atoms with Crippen molar-refractivity contribution in [3.63, 3.8) is 0 Å². The van der Waals surface area contributed by atoms with Crippen LogP contribution in [-0.4, -0.2) is 25.0 Å². The summed E-state index contributed by atoms with van der Waals surface area (Å²) >= 11 is 7.11. The molecule has 0 saturated carbocycles. The molecule has 5 heteroatoms. The molecule has 84 valence electrons. The van der Waals surface area contributed by atoms with Crippen LogP contribution in [-0.2, 0) is 0 Å². The van der Waals surface area contributed by atoms with Crippen molar-refractivity contribution in [1.82, 2.24) is 0 Å². The van der Waals surface area contributed by atoms with Crippen molar-refractivity contribution < 1.29 is 0 Å². The zero-order valence-electron chi connectivity index (χ0n) is 9.31. The van der Waals surface area contributed by atoms with E-state index in [0.29, 0.717) is 0 Å². The molecular weight excluding hydrogens is 262 g/mol. The first-order chi connectivity index (χ1) is 7.28. The van der Waals surface area contributed by atoms with Crippen molar-refractivity contribution in [3.05, 3.63) is 18.2 Å². The van der Waals surface area contributed by atoms with Crippen LogP contribution in [0, 0.1) is 0 Å². The van der Waals surface area contributed by atoms with E-state index in [0.717, 1.165) is 0 Å². The molecule has 0 aliphatic heterocycles. The number of hydrogen-bond acceptors (Lipinski definition) is 5. The van der Waals surface area contributed by atoms with Gasteiger partial charge in [-0.3, -0.25) is 3.71 Å². The zero-order chi connectivity index (χ0) is 11.3. The monoisotopic (exact) mass is 277 g/mol. The lowest BCUT2D eigenvalue weighted by Crippen LogP contribution is -2.03. The van der Waals surface area contributed by atoms with Gasteiger partial charge in [-0.05, 0) is 48.5 Å². The third-order valence-corrected chi connectivity index (χ3v) is 5.61. The molecule has 0 bridgehead atoms. The van der Waals surface area contributed by atoms with Crippen LogP contribution in [0.15, 0.2) is 28.0 Å². The molecule has 0 unspecified atom stereocenters. The van der Waals surface area contributed by atoms with Crippen LogP contribution < -0.4 is 3.71 Å². The molecule has 0 atom stereocenters. The van der Waals surface area contributed by atoms with Gasteiger partial charge in [0.15, 0.2) is 0 Å². The van der Waals surface area contributed by atoms with Gasteiger partial charge in [0, 0.05) is 22.3 Å². The fourth-order valence-electron chi connectivity index (χ4n) is 1.29. The second-order valence-electron chi connectivity index (χ2n) is 2.63. The third kappa shape index (κ3) is 3.19. The van der Waals surface area contributed by atoms with Crippen LogP contribution in [0.25, 0.3) is 0 Å². The van der Waals surface area contributed by atoms with Gasteiger partial charge in [0.1, 0.15) is 0 Å². The summed E-state index contributed by atoms with van der Waals surface area (Å²) in [7, 11) is 0. The highest BCUT2D eigenvalue weighted by atomic mass is 32.2. The van der Waals surface area contributed by atoms with Gasteiger partial charge in [-0.25, -0.2) is 0 Å². The molecular formula is C10H15NS4. The molecule has 0 amide bonds. The van der Waals surface area contributed by atoms with Gasteiger partial charge < -0.3 is 0 Å². The van der Waals surface area contributed by atoms with Gasteiger partial charge in [-0.1, -0.05) is 6.07 Å². The molecule has 0 aromatic heterocycles. The molecule has 0 radical (unpaired) electrons. The highest BCUT2D eigenvalue weighted by Gasteiger charge is 2.12. The molecule has 1 aromatic rings. The van der Waals surface area contributed by atoms with Crippen molar-refractivity contribution in [2.75, 3.05) is 28.7 Å². The summed E-state index contributed by atoms with van der Waals surface area (Å²) in [6.07, 6.45) is 8.47. The van der Waals surface area contributed by atoms with Crippen molar-refractivity contribution in [3.8, 4) is 0 Å². The van der Waals surface area contributed by atoms with Crippen LogP contribution in [0.4, 0.5) is 5.69 Å². The maximum atomic E-state index is 2.24. The first-order valence-corrected chi connectivity index (χ1v) is 9.19.